The zero-order valence-corrected chi connectivity index (χ0v) is 16.0. The van der Waals surface area contributed by atoms with Crippen molar-refractivity contribution in [3.8, 4) is 0 Å². The molecule has 5 nitrogen and oxygen atoms in total. The molecule has 0 aliphatic carbocycles. The molecule has 1 fully saturated rings. The third-order valence-electron chi connectivity index (χ3n) is 5.16. The fourth-order valence-electron chi connectivity index (χ4n) is 3.68. The lowest BCUT2D eigenvalue weighted by Gasteiger charge is -2.31. The maximum atomic E-state index is 12.7. The van der Waals surface area contributed by atoms with E-state index in [-0.39, 0.29) is 11.9 Å². The van der Waals surface area contributed by atoms with Gasteiger partial charge in [-0.05, 0) is 37.4 Å². The first-order chi connectivity index (χ1) is 12.7. The Labute approximate surface area is 156 Å². The van der Waals surface area contributed by atoms with Crippen LogP contribution in [-0.4, -0.2) is 51.2 Å². The second-order valence-corrected chi connectivity index (χ2v) is 7.25. The molecule has 5 heteroatoms. The fourth-order valence-corrected chi connectivity index (χ4v) is 3.68. The van der Waals surface area contributed by atoms with Crippen molar-refractivity contribution in [3.05, 3.63) is 53.9 Å². The molecule has 0 spiro atoms. The van der Waals surface area contributed by atoms with E-state index in [1.165, 1.54) is 11.1 Å². The molecule has 1 aromatic carbocycles. The average Bonchev–Trinajstić information content (AvgIpc) is 3.01. The smallest absolute Gasteiger partial charge is 0.224 e. The Morgan fingerprint density at radius 2 is 2.00 bits per heavy atom. The number of nitrogens with zero attached hydrogens (tertiary/aromatic N) is 4. The van der Waals surface area contributed by atoms with Crippen LogP contribution in [0.4, 0.5) is 0 Å². The van der Waals surface area contributed by atoms with Crippen LogP contribution in [0.1, 0.15) is 37.3 Å². The summed E-state index contributed by atoms with van der Waals surface area (Å²) in [6, 6.07) is 10.6. The summed E-state index contributed by atoms with van der Waals surface area (Å²) in [5, 5.41) is 4.35. The summed E-state index contributed by atoms with van der Waals surface area (Å²) in [7, 11) is 0. The lowest BCUT2D eigenvalue weighted by Crippen LogP contribution is -2.42. The van der Waals surface area contributed by atoms with Gasteiger partial charge >= 0.3 is 0 Å². The van der Waals surface area contributed by atoms with Crippen LogP contribution in [0.3, 0.4) is 0 Å². The molecule has 1 atom stereocenters. The molecule has 1 aliphatic rings. The highest BCUT2D eigenvalue weighted by atomic mass is 16.2. The van der Waals surface area contributed by atoms with Gasteiger partial charge in [0.25, 0.3) is 0 Å². The monoisotopic (exact) mass is 354 g/mol. The molecule has 0 bridgehead atoms. The van der Waals surface area contributed by atoms with Crippen molar-refractivity contribution in [1.29, 1.82) is 0 Å². The van der Waals surface area contributed by atoms with Gasteiger partial charge in [0, 0.05) is 44.8 Å². The maximum absolute atomic E-state index is 12.7. The summed E-state index contributed by atoms with van der Waals surface area (Å²) >= 11 is 0. The molecular weight excluding hydrogens is 324 g/mol. The Morgan fingerprint density at radius 1 is 1.19 bits per heavy atom. The molecule has 0 radical (unpaired) electrons. The van der Waals surface area contributed by atoms with Gasteiger partial charge < -0.3 is 9.80 Å². The molecule has 1 aromatic heterocycles. The van der Waals surface area contributed by atoms with Crippen LogP contribution < -0.4 is 0 Å². The minimum absolute atomic E-state index is 0.283. The van der Waals surface area contributed by atoms with Crippen LogP contribution in [0, 0.1) is 6.92 Å². The Bertz CT molecular complexity index is 697. The number of carbonyl (C=O) groups is 1. The molecule has 2 heterocycles. The van der Waals surface area contributed by atoms with E-state index in [1.807, 2.05) is 29.1 Å². The van der Waals surface area contributed by atoms with E-state index in [2.05, 4.69) is 47.1 Å². The topological polar surface area (TPSA) is 41.4 Å². The summed E-state index contributed by atoms with van der Waals surface area (Å²) in [6.07, 6.45) is 6.66. The van der Waals surface area contributed by atoms with Crippen molar-refractivity contribution < 1.29 is 4.79 Å². The zero-order chi connectivity index (χ0) is 18.4. The van der Waals surface area contributed by atoms with E-state index < -0.39 is 0 Å². The summed E-state index contributed by atoms with van der Waals surface area (Å²) in [5.41, 5.74) is 2.41. The Kier molecular flexibility index (Phi) is 6.45. The molecular formula is C21H30N4O. The van der Waals surface area contributed by atoms with Crippen LogP contribution in [-0.2, 0) is 17.9 Å². The standard InChI is InChI=1S/C21H30N4O/c1-3-20-17-23(11-7-12-24-15-18(2)14-22-24)13-10-21(26)25(20)16-19-8-5-4-6-9-19/h4-6,8-9,14-15,20H,3,7,10-13,16-17H2,1-2H3/t20-/m1/s1. The molecule has 0 N–H and O–H groups in total. The Hall–Kier alpha value is -2.14. The van der Waals surface area contributed by atoms with E-state index in [0.717, 1.165) is 45.6 Å². The van der Waals surface area contributed by atoms with Crippen LogP contribution in [0.2, 0.25) is 0 Å². The van der Waals surface area contributed by atoms with E-state index >= 15 is 0 Å². The van der Waals surface area contributed by atoms with Crippen LogP contribution in [0.5, 0.6) is 0 Å². The first-order valence-corrected chi connectivity index (χ1v) is 9.70. The first kappa shape index (κ1) is 18.6. The van der Waals surface area contributed by atoms with Gasteiger partial charge in [0.05, 0.1) is 6.20 Å². The van der Waals surface area contributed by atoms with Crippen LogP contribution in [0.15, 0.2) is 42.7 Å². The number of aromatic nitrogens is 2. The summed E-state index contributed by atoms with van der Waals surface area (Å²) < 4.78 is 2.01. The highest BCUT2D eigenvalue weighted by Gasteiger charge is 2.28. The number of carbonyl (C=O) groups excluding carboxylic acids is 1. The van der Waals surface area contributed by atoms with Gasteiger partial charge in [-0.3, -0.25) is 9.48 Å². The Morgan fingerprint density at radius 3 is 2.69 bits per heavy atom. The van der Waals surface area contributed by atoms with Gasteiger partial charge in [0.1, 0.15) is 0 Å². The number of hydrogen-bond donors (Lipinski definition) is 0. The molecule has 2 aromatic rings. The molecule has 1 aliphatic heterocycles. The van der Waals surface area contributed by atoms with Crippen molar-refractivity contribution >= 4 is 5.91 Å². The van der Waals surface area contributed by atoms with Crippen molar-refractivity contribution in [1.82, 2.24) is 19.6 Å². The van der Waals surface area contributed by atoms with E-state index in [9.17, 15) is 4.79 Å². The second-order valence-electron chi connectivity index (χ2n) is 7.25. The summed E-state index contributed by atoms with van der Waals surface area (Å²) in [6.45, 7) is 8.75. The van der Waals surface area contributed by atoms with Crippen molar-refractivity contribution in [3.63, 3.8) is 0 Å². The van der Waals surface area contributed by atoms with Gasteiger partial charge in [-0.2, -0.15) is 5.10 Å². The SMILES string of the molecule is CC[C@@H]1CN(CCCn2cc(C)cn2)CCC(=O)N1Cc1ccccc1. The molecule has 3 rings (SSSR count). The van der Waals surface area contributed by atoms with Gasteiger partial charge in [0.15, 0.2) is 0 Å². The number of rotatable bonds is 7. The zero-order valence-electron chi connectivity index (χ0n) is 16.0. The number of hydrogen-bond acceptors (Lipinski definition) is 3. The van der Waals surface area contributed by atoms with Crippen LogP contribution >= 0.6 is 0 Å². The van der Waals surface area contributed by atoms with Gasteiger partial charge in [-0.25, -0.2) is 0 Å². The minimum Gasteiger partial charge on any atom is -0.334 e. The molecule has 0 unspecified atom stereocenters. The number of benzene rings is 1. The fraction of sp³-hybridized carbons (Fsp3) is 0.524. The van der Waals surface area contributed by atoms with E-state index in [4.69, 9.17) is 0 Å². The van der Waals surface area contributed by atoms with Gasteiger partial charge in [-0.15, -0.1) is 0 Å². The van der Waals surface area contributed by atoms with Gasteiger partial charge in [-0.1, -0.05) is 37.3 Å². The lowest BCUT2D eigenvalue weighted by atomic mass is 10.1. The van der Waals surface area contributed by atoms with E-state index in [1.54, 1.807) is 0 Å². The Balaban J connectivity index is 1.57. The predicted octanol–water partition coefficient (Wildman–Crippen LogP) is 3.09. The molecule has 1 amide bonds. The molecule has 140 valence electrons. The quantitative estimate of drug-likeness (QED) is 0.767. The molecule has 0 saturated carbocycles. The first-order valence-electron chi connectivity index (χ1n) is 9.70. The normalized spacial score (nSPS) is 18.9. The highest BCUT2D eigenvalue weighted by molar-refractivity contribution is 5.77. The van der Waals surface area contributed by atoms with E-state index in [0.29, 0.717) is 6.42 Å². The third kappa shape index (κ3) is 4.94. The number of amides is 1. The largest absolute Gasteiger partial charge is 0.334 e. The average molecular weight is 354 g/mol. The summed E-state index contributed by atoms with van der Waals surface area (Å²) in [5.74, 6) is 0.283. The predicted molar refractivity (Wildman–Crippen MR) is 104 cm³/mol. The van der Waals surface area contributed by atoms with Crippen molar-refractivity contribution in [2.45, 2.75) is 52.2 Å². The van der Waals surface area contributed by atoms with Gasteiger partial charge in [0.2, 0.25) is 5.91 Å². The second kappa shape index (κ2) is 8.99. The number of aryl methyl sites for hydroxylation is 2. The third-order valence-corrected chi connectivity index (χ3v) is 5.16. The maximum Gasteiger partial charge on any atom is 0.224 e. The highest BCUT2D eigenvalue weighted by Crippen LogP contribution is 2.18. The lowest BCUT2D eigenvalue weighted by molar-refractivity contribution is -0.133. The summed E-state index contributed by atoms with van der Waals surface area (Å²) in [4.78, 5) is 17.3. The van der Waals surface area contributed by atoms with Crippen LogP contribution in [0.25, 0.3) is 0 Å². The van der Waals surface area contributed by atoms with Crippen molar-refractivity contribution in [2.75, 3.05) is 19.6 Å². The molecule has 1 saturated heterocycles. The molecule has 26 heavy (non-hydrogen) atoms. The minimum atomic E-state index is 0.283. The van der Waals surface area contributed by atoms with Crippen molar-refractivity contribution in [2.24, 2.45) is 0 Å².